The van der Waals surface area contributed by atoms with Gasteiger partial charge in [0.2, 0.25) is 0 Å². The van der Waals surface area contributed by atoms with Crippen molar-refractivity contribution in [3.63, 3.8) is 0 Å². The molecule has 172 valence electrons. The number of hydrogen-bond donors (Lipinski definition) is 0. The summed E-state index contributed by atoms with van der Waals surface area (Å²) in [6.07, 6.45) is 2.56. The van der Waals surface area contributed by atoms with Crippen LogP contribution in [0.2, 0.25) is 0 Å². The first-order chi connectivity index (χ1) is 15.3. The van der Waals surface area contributed by atoms with Gasteiger partial charge in [-0.15, -0.1) is 0 Å². The van der Waals surface area contributed by atoms with Crippen LogP contribution in [-0.4, -0.2) is 83.2 Å². The lowest BCUT2D eigenvalue weighted by Crippen LogP contribution is -2.44. The Labute approximate surface area is 190 Å². The quantitative estimate of drug-likeness (QED) is 0.545. The van der Waals surface area contributed by atoms with Crippen LogP contribution in [0.5, 0.6) is 5.75 Å². The Morgan fingerprint density at radius 2 is 1.75 bits per heavy atom. The molecule has 8 heteroatoms. The number of anilines is 1. The molecule has 3 aromatic rings. The highest BCUT2D eigenvalue weighted by Crippen LogP contribution is 2.34. The van der Waals surface area contributed by atoms with Crippen LogP contribution in [0, 0.1) is 0 Å². The largest absolute Gasteiger partial charge is 0.495 e. The second-order valence-corrected chi connectivity index (χ2v) is 10.5. The van der Waals surface area contributed by atoms with E-state index in [0.717, 1.165) is 55.8 Å². The maximum atomic E-state index is 13.8. The minimum absolute atomic E-state index is 0.271. The van der Waals surface area contributed by atoms with Crippen LogP contribution in [0.15, 0.2) is 53.6 Å². The molecule has 32 heavy (non-hydrogen) atoms. The number of benzene rings is 2. The molecular formula is C24H32N4O3S. The number of likely N-dealkylation sites (N-methyl/N-ethyl adjacent to an activating group) is 2. The maximum absolute atomic E-state index is 13.8. The lowest BCUT2D eigenvalue weighted by Gasteiger charge is -2.34. The second-order valence-electron chi connectivity index (χ2n) is 8.65. The molecule has 0 radical (unpaired) electrons. The first kappa shape index (κ1) is 22.6. The van der Waals surface area contributed by atoms with Crippen molar-refractivity contribution in [1.29, 1.82) is 0 Å². The number of fused-ring (bicyclic) bond motifs is 1. The SMILES string of the molecule is COc1ccc(S(=O)(=O)n2cc(CCN(C)C)c3ccccc32)cc1N1CCN(C)CC1. The average Bonchev–Trinajstić information content (AvgIpc) is 3.17. The van der Waals surface area contributed by atoms with Crippen molar-refractivity contribution in [1.82, 2.24) is 13.8 Å². The van der Waals surface area contributed by atoms with Crippen molar-refractivity contribution in [3.05, 3.63) is 54.2 Å². The van der Waals surface area contributed by atoms with Crippen LogP contribution in [0.1, 0.15) is 5.56 Å². The van der Waals surface area contributed by atoms with E-state index in [4.69, 9.17) is 4.74 Å². The normalized spacial score (nSPS) is 15.6. The summed E-state index contributed by atoms with van der Waals surface area (Å²) in [5, 5.41) is 0.978. The Morgan fingerprint density at radius 3 is 2.44 bits per heavy atom. The molecule has 7 nitrogen and oxygen atoms in total. The van der Waals surface area contributed by atoms with E-state index in [1.807, 2.05) is 38.4 Å². The third-order valence-corrected chi connectivity index (χ3v) is 7.81. The van der Waals surface area contributed by atoms with Gasteiger partial charge in [0.15, 0.2) is 0 Å². The van der Waals surface area contributed by atoms with E-state index >= 15 is 0 Å². The molecule has 4 rings (SSSR count). The number of hydrogen-bond acceptors (Lipinski definition) is 6. The maximum Gasteiger partial charge on any atom is 0.268 e. The monoisotopic (exact) mass is 456 g/mol. The van der Waals surface area contributed by atoms with Crippen LogP contribution in [0.3, 0.4) is 0 Å². The molecule has 0 aliphatic carbocycles. The van der Waals surface area contributed by atoms with E-state index in [2.05, 4.69) is 21.7 Å². The molecule has 1 fully saturated rings. The molecule has 1 aliphatic rings. The first-order valence-corrected chi connectivity index (χ1v) is 12.4. The summed E-state index contributed by atoms with van der Waals surface area (Å²) < 4.78 is 34.5. The van der Waals surface area contributed by atoms with Gasteiger partial charge in [-0.05, 0) is 57.4 Å². The summed E-state index contributed by atoms with van der Waals surface area (Å²) in [6.45, 7) is 4.37. The smallest absolute Gasteiger partial charge is 0.268 e. The van der Waals surface area contributed by atoms with E-state index in [1.165, 1.54) is 3.97 Å². The summed E-state index contributed by atoms with van der Waals surface area (Å²) in [7, 11) is 3.99. The molecule has 0 amide bonds. The van der Waals surface area contributed by atoms with Crippen molar-refractivity contribution in [2.45, 2.75) is 11.3 Å². The molecule has 1 saturated heterocycles. The predicted octanol–water partition coefficient (Wildman–Crippen LogP) is 2.74. The zero-order valence-corrected chi connectivity index (χ0v) is 20.1. The van der Waals surface area contributed by atoms with Crippen LogP contribution in [0.25, 0.3) is 10.9 Å². The van der Waals surface area contributed by atoms with Gasteiger partial charge in [-0.25, -0.2) is 12.4 Å². The number of ether oxygens (including phenoxy) is 1. The van der Waals surface area contributed by atoms with Crippen molar-refractivity contribution in [3.8, 4) is 5.75 Å². The summed E-state index contributed by atoms with van der Waals surface area (Å²) in [5.74, 6) is 0.692. The van der Waals surface area contributed by atoms with Gasteiger partial charge in [-0.1, -0.05) is 18.2 Å². The molecule has 0 bridgehead atoms. The Balaban J connectivity index is 1.77. The van der Waals surface area contributed by atoms with Crippen molar-refractivity contribution < 1.29 is 13.2 Å². The molecule has 0 N–H and O–H groups in total. The number of rotatable bonds is 7. The van der Waals surface area contributed by atoms with Gasteiger partial charge in [0.05, 0.1) is 23.2 Å². The molecular weight excluding hydrogens is 424 g/mol. The minimum Gasteiger partial charge on any atom is -0.495 e. The van der Waals surface area contributed by atoms with Crippen molar-refractivity contribution in [2.75, 3.05) is 65.9 Å². The fraction of sp³-hybridized carbons (Fsp3) is 0.417. The van der Waals surface area contributed by atoms with Gasteiger partial charge >= 0.3 is 0 Å². The zero-order valence-electron chi connectivity index (χ0n) is 19.3. The van der Waals surface area contributed by atoms with Gasteiger partial charge < -0.3 is 19.4 Å². The van der Waals surface area contributed by atoms with E-state index in [0.29, 0.717) is 11.3 Å². The molecule has 0 spiro atoms. The highest BCUT2D eigenvalue weighted by molar-refractivity contribution is 7.90. The average molecular weight is 457 g/mol. The van der Waals surface area contributed by atoms with E-state index in [9.17, 15) is 8.42 Å². The van der Waals surface area contributed by atoms with Gasteiger partial charge in [-0.3, -0.25) is 0 Å². The topological polar surface area (TPSA) is 58.0 Å². The standard InChI is InChI=1S/C24H32N4O3S/c1-25(2)12-11-19-18-28(22-8-6-5-7-21(19)22)32(29,30)20-9-10-24(31-4)23(17-20)27-15-13-26(3)14-16-27/h5-10,17-18H,11-16H2,1-4H3. The van der Waals surface area contributed by atoms with Crippen LogP contribution in [0.4, 0.5) is 5.69 Å². The Bertz CT molecular complexity index is 1200. The van der Waals surface area contributed by atoms with E-state index < -0.39 is 10.0 Å². The third-order valence-electron chi connectivity index (χ3n) is 6.14. The Morgan fingerprint density at radius 1 is 1.03 bits per heavy atom. The highest BCUT2D eigenvalue weighted by atomic mass is 32.2. The molecule has 0 saturated carbocycles. The second kappa shape index (κ2) is 9.13. The summed E-state index contributed by atoms with van der Waals surface area (Å²) >= 11 is 0. The summed E-state index contributed by atoms with van der Waals surface area (Å²) in [6, 6.07) is 12.9. The molecule has 0 atom stereocenters. The third kappa shape index (κ3) is 4.35. The number of methoxy groups -OCH3 is 1. The van der Waals surface area contributed by atoms with Gasteiger partial charge in [0.25, 0.3) is 10.0 Å². The molecule has 0 unspecified atom stereocenters. The van der Waals surface area contributed by atoms with E-state index in [-0.39, 0.29) is 4.90 Å². The van der Waals surface area contributed by atoms with Crippen LogP contribution in [-0.2, 0) is 16.4 Å². The van der Waals surface area contributed by atoms with Gasteiger partial charge in [0.1, 0.15) is 5.75 Å². The van der Waals surface area contributed by atoms with Crippen LogP contribution >= 0.6 is 0 Å². The Hall–Kier alpha value is -2.55. The van der Waals surface area contributed by atoms with Gasteiger partial charge in [-0.2, -0.15) is 0 Å². The van der Waals surface area contributed by atoms with Gasteiger partial charge in [0, 0.05) is 44.3 Å². The number of para-hydroxylation sites is 1. The van der Waals surface area contributed by atoms with E-state index in [1.54, 1.807) is 31.5 Å². The summed E-state index contributed by atoms with van der Waals surface area (Å²) in [4.78, 5) is 6.85. The molecule has 1 aromatic heterocycles. The van der Waals surface area contributed by atoms with Crippen molar-refractivity contribution >= 4 is 26.6 Å². The molecule has 1 aliphatic heterocycles. The lowest BCUT2D eigenvalue weighted by atomic mass is 10.1. The van der Waals surface area contributed by atoms with Crippen LogP contribution < -0.4 is 9.64 Å². The zero-order chi connectivity index (χ0) is 22.9. The number of nitrogens with zero attached hydrogens (tertiary/aromatic N) is 4. The van der Waals surface area contributed by atoms with Crippen molar-refractivity contribution in [2.24, 2.45) is 0 Å². The summed E-state index contributed by atoms with van der Waals surface area (Å²) in [5.41, 5.74) is 2.56. The number of piperazine rings is 1. The number of aromatic nitrogens is 1. The lowest BCUT2D eigenvalue weighted by molar-refractivity contribution is 0.311. The molecule has 2 heterocycles. The predicted molar refractivity (Wildman–Crippen MR) is 129 cm³/mol. The fourth-order valence-electron chi connectivity index (χ4n) is 4.20. The first-order valence-electron chi connectivity index (χ1n) is 10.9. The Kier molecular flexibility index (Phi) is 6.46. The fourth-order valence-corrected chi connectivity index (χ4v) is 5.61. The highest BCUT2D eigenvalue weighted by Gasteiger charge is 2.25. The minimum atomic E-state index is -3.77. The molecule has 2 aromatic carbocycles.